The lowest BCUT2D eigenvalue weighted by molar-refractivity contribution is -0.117. The van der Waals surface area contributed by atoms with Crippen molar-refractivity contribution in [1.82, 2.24) is 4.90 Å². The van der Waals surface area contributed by atoms with Gasteiger partial charge in [0.05, 0.1) is 12.6 Å². The first-order valence-corrected chi connectivity index (χ1v) is 5.59. The molecular weight excluding hydrogens is 223 g/mol. The number of carbonyl (C=O) groups is 1. The van der Waals surface area contributed by atoms with Crippen molar-refractivity contribution >= 4 is 11.6 Å². The third-order valence-electron chi connectivity index (χ3n) is 2.74. The summed E-state index contributed by atoms with van der Waals surface area (Å²) in [6.45, 7) is 1.53. The Balaban J connectivity index is 1.83. The maximum atomic E-state index is 12.6. The fourth-order valence-electron chi connectivity index (χ4n) is 1.89. The Kier molecular flexibility index (Phi) is 3.71. The quantitative estimate of drug-likeness (QED) is 0.820. The van der Waals surface area contributed by atoms with Crippen molar-refractivity contribution in [2.24, 2.45) is 0 Å². The highest BCUT2D eigenvalue weighted by Gasteiger charge is 2.21. The van der Waals surface area contributed by atoms with Crippen molar-refractivity contribution in [3.8, 4) is 0 Å². The fraction of sp³-hybridized carbons (Fsp3) is 0.417. The van der Waals surface area contributed by atoms with E-state index in [1.54, 1.807) is 0 Å². The number of nitrogens with one attached hydrogen (secondary N) is 1. The summed E-state index contributed by atoms with van der Waals surface area (Å²) in [5, 5.41) is 12.0. The first kappa shape index (κ1) is 12.0. The normalized spacial score (nSPS) is 20.5. The molecule has 1 aromatic carbocycles. The Labute approximate surface area is 99.0 Å². The summed E-state index contributed by atoms with van der Waals surface area (Å²) >= 11 is 0. The monoisotopic (exact) mass is 238 g/mol. The molecule has 0 spiro atoms. The third kappa shape index (κ3) is 3.51. The second-order valence-corrected chi connectivity index (χ2v) is 4.23. The minimum atomic E-state index is -0.328. The van der Waals surface area contributed by atoms with Crippen LogP contribution >= 0.6 is 0 Å². The lowest BCUT2D eigenvalue weighted by Gasteiger charge is -2.14. The number of hydrogen-bond acceptors (Lipinski definition) is 3. The van der Waals surface area contributed by atoms with Crippen LogP contribution in [0, 0.1) is 5.82 Å². The average molecular weight is 238 g/mol. The lowest BCUT2D eigenvalue weighted by Crippen LogP contribution is -2.32. The number of amides is 1. The van der Waals surface area contributed by atoms with Crippen molar-refractivity contribution in [2.45, 2.75) is 12.5 Å². The van der Waals surface area contributed by atoms with Crippen LogP contribution < -0.4 is 5.32 Å². The van der Waals surface area contributed by atoms with Crippen molar-refractivity contribution in [1.29, 1.82) is 0 Å². The van der Waals surface area contributed by atoms with Crippen LogP contribution in [-0.2, 0) is 4.79 Å². The maximum Gasteiger partial charge on any atom is 0.238 e. The summed E-state index contributed by atoms with van der Waals surface area (Å²) in [7, 11) is 0. The van der Waals surface area contributed by atoms with Crippen molar-refractivity contribution < 1.29 is 14.3 Å². The van der Waals surface area contributed by atoms with Crippen LogP contribution in [0.1, 0.15) is 6.42 Å². The van der Waals surface area contributed by atoms with Gasteiger partial charge in [0.25, 0.3) is 0 Å². The highest BCUT2D eigenvalue weighted by atomic mass is 19.1. The van der Waals surface area contributed by atoms with E-state index >= 15 is 0 Å². The van der Waals surface area contributed by atoms with Gasteiger partial charge in [-0.1, -0.05) is 0 Å². The van der Waals surface area contributed by atoms with Gasteiger partial charge in [-0.15, -0.1) is 0 Å². The molecule has 0 unspecified atom stereocenters. The molecule has 1 aliphatic rings. The molecule has 1 atom stereocenters. The Morgan fingerprint density at radius 2 is 2.18 bits per heavy atom. The topological polar surface area (TPSA) is 52.6 Å². The average Bonchev–Trinajstić information content (AvgIpc) is 2.67. The van der Waals surface area contributed by atoms with Crippen LogP contribution in [0.5, 0.6) is 0 Å². The van der Waals surface area contributed by atoms with E-state index in [0.29, 0.717) is 18.7 Å². The summed E-state index contributed by atoms with van der Waals surface area (Å²) in [6.07, 6.45) is 0.387. The zero-order chi connectivity index (χ0) is 12.3. The molecule has 17 heavy (non-hydrogen) atoms. The van der Waals surface area contributed by atoms with Gasteiger partial charge in [0.15, 0.2) is 0 Å². The van der Waals surface area contributed by atoms with Crippen molar-refractivity contribution in [2.75, 3.05) is 25.0 Å². The molecular formula is C12H15FN2O2. The minimum Gasteiger partial charge on any atom is -0.392 e. The summed E-state index contributed by atoms with van der Waals surface area (Å²) < 4.78 is 12.6. The van der Waals surface area contributed by atoms with E-state index in [4.69, 9.17) is 0 Å². The first-order valence-electron chi connectivity index (χ1n) is 5.59. The largest absolute Gasteiger partial charge is 0.392 e. The Hall–Kier alpha value is -1.46. The molecule has 0 aromatic heterocycles. The summed E-state index contributed by atoms with van der Waals surface area (Å²) in [5.41, 5.74) is 0.580. The van der Waals surface area contributed by atoms with Crippen LogP contribution in [0.4, 0.5) is 10.1 Å². The second kappa shape index (κ2) is 5.25. The number of halogens is 1. The van der Waals surface area contributed by atoms with E-state index in [0.717, 1.165) is 6.54 Å². The molecule has 0 radical (unpaired) electrons. The van der Waals surface area contributed by atoms with Crippen LogP contribution in [0.15, 0.2) is 24.3 Å². The SMILES string of the molecule is O=C(CN1CC[C@@H](O)C1)Nc1ccc(F)cc1. The number of likely N-dealkylation sites (tertiary alicyclic amines) is 1. The van der Waals surface area contributed by atoms with Gasteiger partial charge in [-0.2, -0.15) is 0 Å². The highest BCUT2D eigenvalue weighted by molar-refractivity contribution is 5.92. The van der Waals surface area contributed by atoms with E-state index in [1.165, 1.54) is 24.3 Å². The fourth-order valence-corrected chi connectivity index (χ4v) is 1.89. The molecule has 0 saturated carbocycles. The van der Waals surface area contributed by atoms with Gasteiger partial charge < -0.3 is 10.4 Å². The van der Waals surface area contributed by atoms with Gasteiger partial charge in [-0.25, -0.2) is 4.39 Å². The van der Waals surface area contributed by atoms with Crippen LogP contribution in [-0.4, -0.2) is 41.7 Å². The molecule has 4 nitrogen and oxygen atoms in total. The number of β-amino-alcohol motifs (C(OH)–C–C–N with tert-alkyl or cyclic N) is 1. The second-order valence-electron chi connectivity index (χ2n) is 4.23. The molecule has 1 heterocycles. The molecule has 0 bridgehead atoms. The number of benzene rings is 1. The molecule has 1 fully saturated rings. The predicted molar refractivity (Wildman–Crippen MR) is 62.1 cm³/mol. The summed E-state index contributed by atoms with van der Waals surface area (Å²) in [5.74, 6) is -0.476. The van der Waals surface area contributed by atoms with Crippen LogP contribution in [0.2, 0.25) is 0 Å². The van der Waals surface area contributed by atoms with Gasteiger partial charge in [0.1, 0.15) is 5.82 Å². The molecule has 1 aromatic rings. The zero-order valence-electron chi connectivity index (χ0n) is 9.40. The number of aliphatic hydroxyl groups excluding tert-OH is 1. The third-order valence-corrected chi connectivity index (χ3v) is 2.74. The smallest absolute Gasteiger partial charge is 0.238 e. The summed E-state index contributed by atoms with van der Waals surface area (Å²) in [6, 6.07) is 5.64. The van der Waals surface area contributed by atoms with Crippen molar-refractivity contribution in [3.63, 3.8) is 0 Å². The highest BCUT2D eigenvalue weighted by Crippen LogP contribution is 2.10. The molecule has 2 rings (SSSR count). The Bertz CT molecular complexity index is 394. The maximum absolute atomic E-state index is 12.6. The molecule has 1 aliphatic heterocycles. The Morgan fingerprint density at radius 3 is 2.76 bits per heavy atom. The molecule has 92 valence electrons. The van der Waals surface area contributed by atoms with Gasteiger partial charge in [-0.05, 0) is 30.7 Å². The zero-order valence-corrected chi connectivity index (χ0v) is 9.40. The van der Waals surface area contributed by atoms with Crippen molar-refractivity contribution in [3.05, 3.63) is 30.1 Å². The molecule has 5 heteroatoms. The van der Waals surface area contributed by atoms with E-state index in [1.807, 2.05) is 4.90 Å². The number of anilines is 1. The molecule has 2 N–H and O–H groups in total. The lowest BCUT2D eigenvalue weighted by atomic mass is 10.3. The minimum absolute atomic E-state index is 0.147. The summed E-state index contributed by atoms with van der Waals surface area (Å²) in [4.78, 5) is 13.5. The molecule has 0 aliphatic carbocycles. The predicted octanol–water partition coefficient (Wildman–Crippen LogP) is 0.831. The van der Waals surface area contributed by atoms with E-state index in [9.17, 15) is 14.3 Å². The number of rotatable bonds is 3. The van der Waals surface area contributed by atoms with Gasteiger partial charge in [0.2, 0.25) is 5.91 Å². The number of carbonyl (C=O) groups excluding carboxylic acids is 1. The van der Waals surface area contributed by atoms with Gasteiger partial charge in [0, 0.05) is 18.8 Å². The van der Waals surface area contributed by atoms with E-state index in [-0.39, 0.29) is 24.4 Å². The van der Waals surface area contributed by atoms with Gasteiger partial charge >= 0.3 is 0 Å². The Morgan fingerprint density at radius 1 is 1.47 bits per heavy atom. The molecule has 1 saturated heterocycles. The van der Waals surface area contributed by atoms with E-state index < -0.39 is 0 Å². The van der Waals surface area contributed by atoms with Crippen LogP contribution in [0.3, 0.4) is 0 Å². The van der Waals surface area contributed by atoms with E-state index in [2.05, 4.69) is 5.32 Å². The van der Waals surface area contributed by atoms with Crippen LogP contribution in [0.25, 0.3) is 0 Å². The standard InChI is InChI=1S/C12H15FN2O2/c13-9-1-3-10(4-2-9)14-12(17)8-15-6-5-11(16)7-15/h1-4,11,16H,5-8H2,(H,14,17)/t11-/m1/s1. The van der Waals surface area contributed by atoms with Gasteiger partial charge in [-0.3, -0.25) is 9.69 Å². The number of aliphatic hydroxyl groups is 1. The molecule has 1 amide bonds. The number of nitrogens with zero attached hydrogens (tertiary/aromatic N) is 1. The first-order chi connectivity index (χ1) is 8.13. The number of hydrogen-bond donors (Lipinski definition) is 2.